The smallest absolute Gasteiger partial charge is 0.344 e. The zero-order valence-electron chi connectivity index (χ0n) is 16.7. The minimum atomic E-state index is -0.466. The van der Waals surface area contributed by atoms with Crippen LogP contribution in [0.1, 0.15) is 24.8 Å². The number of nitrogens with zero attached hydrogens (tertiary/aromatic N) is 1. The summed E-state index contributed by atoms with van der Waals surface area (Å²) in [5.41, 5.74) is 1.68. The number of ether oxygens (including phenoxy) is 2. The number of hydrogen-bond donors (Lipinski definition) is 1. The number of piperidine rings is 1. The maximum Gasteiger partial charge on any atom is 0.344 e. The summed E-state index contributed by atoms with van der Waals surface area (Å²) in [6.07, 6.45) is 3.54. The molecule has 1 saturated heterocycles. The molecule has 1 N–H and O–H groups in total. The molecule has 6 nitrogen and oxygen atoms in total. The number of benzene rings is 2. The maximum atomic E-state index is 12.9. The molecule has 3 aromatic rings. The Morgan fingerprint density at radius 3 is 2.52 bits per heavy atom. The van der Waals surface area contributed by atoms with Crippen LogP contribution in [-0.2, 0) is 6.54 Å². The lowest BCUT2D eigenvalue weighted by molar-refractivity contribution is 0.218. The van der Waals surface area contributed by atoms with E-state index < -0.39 is 5.63 Å². The van der Waals surface area contributed by atoms with Crippen molar-refractivity contribution >= 4 is 11.0 Å². The molecule has 0 unspecified atom stereocenters. The van der Waals surface area contributed by atoms with Gasteiger partial charge in [0.2, 0.25) is 0 Å². The Morgan fingerprint density at radius 1 is 1.00 bits per heavy atom. The Morgan fingerprint density at radius 2 is 1.79 bits per heavy atom. The first-order chi connectivity index (χ1) is 14.1. The molecule has 1 fully saturated rings. The zero-order chi connectivity index (χ0) is 20.4. The second-order valence-corrected chi connectivity index (χ2v) is 7.33. The second kappa shape index (κ2) is 8.17. The SMILES string of the molecule is COc1ccc(-c2cc3ccc(O)c(CN4CCCCC4)c3oc2=O)c(OC)c1. The number of methoxy groups -OCH3 is 2. The summed E-state index contributed by atoms with van der Waals surface area (Å²) in [7, 11) is 3.13. The molecule has 1 aromatic heterocycles. The minimum Gasteiger partial charge on any atom is -0.507 e. The van der Waals surface area contributed by atoms with Gasteiger partial charge in [0.25, 0.3) is 0 Å². The van der Waals surface area contributed by atoms with Crippen molar-refractivity contribution < 1.29 is 19.0 Å². The number of phenolic OH excluding ortho intramolecular Hbond substituents is 1. The summed E-state index contributed by atoms with van der Waals surface area (Å²) in [6.45, 7) is 2.54. The van der Waals surface area contributed by atoms with Crippen molar-refractivity contribution in [1.82, 2.24) is 4.90 Å². The van der Waals surface area contributed by atoms with Crippen molar-refractivity contribution in [2.75, 3.05) is 27.3 Å². The van der Waals surface area contributed by atoms with Crippen LogP contribution in [0.25, 0.3) is 22.1 Å². The lowest BCUT2D eigenvalue weighted by Gasteiger charge is -2.26. The van der Waals surface area contributed by atoms with Crippen LogP contribution in [0.15, 0.2) is 45.6 Å². The van der Waals surface area contributed by atoms with Crippen molar-refractivity contribution in [2.24, 2.45) is 0 Å². The van der Waals surface area contributed by atoms with Gasteiger partial charge in [-0.15, -0.1) is 0 Å². The van der Waals surface area contributed by atoms with E-state index >= 15 is 0 Å². The first-order valence-electron chi connectivity index (χ1n) is 9.84. The van der Waals surface area contributed by atoms with E-state index in [1.54, 1.807) is 50.6 Å². The van der Waals surface area contributed by atoms with Crippen LogP contribution in [-0.4, -0.2) is 37.3 Å². The molecule has 0 spiro atoms. The number of hydrogen-bond acceptors (Lipinski definition) is 6. The fourth-order valence-corrected chi connectivity index (χ4v) is 3.93. The molecule has 0 bridgehead atoms. The lowest BCUT2D eigenvalue weighted by atomic mass is 10.0. The van der Waals surface area contributed by atoms with E-state index in [9.17, 15) is 9.90 Å². The fourth-order valence-electron chi connectivity index (χ4n) is 3.93. The summed E-state index contributed by atoms with van der Waals surface area (Å²) >= 11 is 0. The molecule has 2 heterocycles. The van der Waals surface area contributed by atoms with Gasteiger partial charge in [-0.1, -0.05) is 6.42 Å². The monoisotopic (exact) mass is 395 g/mol. The number of aromatic hydroxyl groups is 1. The van der Waals surface area contributed by atoms with Gasteiger partial charge < -0.3 is 19.0 Å². The van der Waals surface area contributed by atoms with Gasteiger partial charge in [-0.25, -0.2) is 4.79 Å². The molecule has 0 atom stereocenters. The Hall–Kier alpha value is -2.99. The Kier molecular flexibility index (Phi) is 5.45. The van der Waals surface area contributed by atoms with E-state index in [0.717, 1.165) is 31.3 Å². The topological polar surface area (TPSA) is 72.1 Å². The molecule has 6 heteroatoms. The predicted molar refractivity (Wildman–Crippen MR) is 112 cm³/mol. The molecule has 29 heavy (non-hydrogen) atoms. The maximum absolute atomic E-state index is 12.9. The summed E-state index contributed by atoms with van der Waals surface area (Å²) in [4.78, 5) is 15.2. The van der Waals surface area contributed by atoms with Crippen LogP contribution in [0.4, 0.5) is 0 Å². The van der Waals surface area contributed by atoms with Crippen molar-refractivity contribution in [3.8, 4) is 28.4 Å². The highest BCUT2D eigenvalue weighted by molar-refractivity contribution is 5.86. The van der Waals surface area contributed by atoms with Gasteiger partial charge in [-0.2, -0.15) is 0 Å². The largest absolute Gasteiger partial charge is 0.507 e. The zero-order valence-corrected chi connectivity index (χ0v) is 16.7. The number of rotatable bonds is 5. The number of likely N-dealkylation sites (tertiary alicyclic amines) is 1. The van der Waals surface area contributed by atoms with Gasteiger partial charge in [-0.05, 0) is 56.3 Å². The molecular weight excluding hydrogens is 370 g/mol. The van der Waals surface area contributed by atoms with E-state index in [4.69, 9.17) is 13.9 Å². The fraction of sp³-hybridized carbons (Fsp3) is 0.348. The van der Waals surface area contributed by atoms with E-state index in [1.807, 2.05) is 0 Å². The lowest BCUT2D eigenvalue weighted by Crippen LogP contribution is -2.29. The summed E-state index contributed by atoms with van der Waals surface area (Å²) in [5, 5.41) is 11.2. The quantitative estimate of drug-likeness (QED) is 0.654. The highest BCUT2D eigenvalue weighted by atomic mass is 16.5. The molecule has 0 amide bonds. The third-order valence-corrected chi connectivity index (χ3v) is 5.51. The Bertz CT molecular complexity index is 1080. The van der Waals surface area contributed by atoms with Crippen LogP contribution >= 0.6 is 0 Å². The molecule has 1 aliphatic heterocycles. The van der Waals surface area contributed by atoms with E-state index in [0.29, 0.717) is 40.3 Å². The molecule has 4 rings (SSSR count). The minimum absolute atomic E-state index is 0.154. The van der Waals surface area contributed by atoms with Gasteiger partial charge >= 0.3 is 5.63 Å². The van der Waals surface area contributed by atoms with Crippen LogP contribution in [0.3, 0.4) is 0 Å². The first-order valence-corrected chi connectivity index (χ1v) is 9.84. The predicted octanol–water partition coefficient (Wildman–Crippen LogP) is 4.17. The van der Waals surface area contributed by atoms with Gasteiger partial charge in [0.15, 0.2) is 0 Å². The van der Waals surface area contributed by atoms with Gasteiger partial charge in [0.05, 0.1) is 25.3 Å². The standard InChI is InChI=1S/C23H25NO5/c1-27-16-7-8-17(21(13-16)28-2)18-12-15-6-9-20(25)19(22(15)29-23(18)26)14-24-10-4-3-5-11-24/h6-9,12-13,25H,3-5,10-11,14H2,1-2H3. The molecule has 1 aliphatic rings. The Labute approximate surface area is 169 Å². The van der Waals surface area contributed by atoms with Gasteiger partial charge in [0, 0.05) is 23.6 Å². The first kappa shape index (κ1) is 19.3. The summed E-state index contributed by atoms with van der Waals surface area (Å²) in [5.74, 6) is 1.33. The van der Waals surface area contributed by atoms with Crippen molar-refractivity contribution in [1.29, 1.82) is 0 Å². The van der Waals surface area contributed by atoms with Gasteiger partial charge in [0.1, 0.15) is 22.8 Å². The molecule has 0 saturated carbocycles. The normalized spacial score (nSPS) is 14.8. The highest BCUT2D eigenvalue weighted by Crippen LogP contribution is 2.35. The molecule has 0 aliphatic carbocycles. The third-order valence-electron chi connectivity index (χ3n) is 5.51. The van der Waals surface area contributed by atoms with Crippen LogP contribution in [0.5, 0.6) is 17.2 Å². The van der Waals surface area contributed by atoms with Crippen molar-refractivity contribution in [3.63, 3.8) is 0 Å². The molecular formula is C23H25NO5. The molecule has 152 valence electrons. The van der Waals surface area contributed by atoms with Crippen LogP contribution < -0.4 is 15.1 Å². The van der Waals surface area contributed by atoms with E-state index in [2.05, 4.69) is 4.90 Å². The highest BCUT2D eigenvalue weighted by Gasteiger charge is 2.19. The van der Waals surface area contributed by atoms with Crippen LogP contribution in [0.2, 0.25) is 0 Å². The summed E-state index contributed by atoms with van der Waals surface area (Å²) < 4.78 is 16.4. The third kappa shape index (κ3) is 3.80. The second-order valence-electron chi connectivity index (χ2n) is 7.33. The Balaban J connectivity index is 1.80. The molecule has 0 radical (unpaired) electrons. The summed E-state index contributed by atoms with van der Waals surface area (Å²) in [6, 6.07) is 10.5. The van der Waals surface area contributed by atoms with Crippen LogP contribution in [0, 0.1) is 0 Å². The van der Waals surface area contributed by atoms with E-state index in [-0.39, 0.29) is 5.75 Å². The number of fused-ring (bicyclic) bond motifs is 1. The van der Waals surface area contributed by atoms with E-state index in [1.165, 1.54) is 6.42 Å². The average Bonchev–Trinajstić information content (AvgIpc) is 2.76. The van der Waals surface area contributed by atoms with Crippen molar-refractivity contribution in [2.45, 2.75) is 25.8 Å². The molecule has 2 aromatic carbocycles. The van der Waals surface area contributed by atoms with Gasteiger partial charge in [-0.3, -0.25) is 4.90 Å². The van der Waals surface area contributed by atoms with Crippen molar-refractivity contribution in [3.05, 3.63) is 52.4 Å². The average molecular weight is 395 g/mol. The number of phenols is 1.